The van der Waals surface area contributed by atoms with Crippen molar-refractivity contribution < 1.29 is 17.9 Å². The van der Waals surface area contributed by atoms with E-state index >= 15 is 0 Å². The maximum atomic E-state index is 11.3. The normalized spacial score (nSPS) is 12.6. The third-order valence-corrected chi connectivity index (χ3v) is 2.75. The fourth-order valence-electron chi connectivity index (χ4n) is 0.813. The summed E-state index contributed by atoms with van der Waals surface area (Å²) in [5, 5.41) is 0. The van der Waals surface area contributed by atoms with Crippen LogP contribution in [0.1, 0.15) is 27.7 Å². The first-order chi connectivity index (χ1) is 6.12. The Morgan fingerprint density at radius 1 is 1.36 bits per heavy atom. The van der Waals surface area contributed by atoms with Gasteiger partial charge in [0.25, 0.3) is 0 Å². The molecule has 0 unspecified atom stereocenters. The number of hydrogen-bond donors (Lipinski definition) is 1. The standard InChI is InChI=1S/C8H17NO4S/c1-7(10)13-5-6-14(11,12)9-8(2,3)4/h9H,5-6H2,1-4H3. The Labute approximate surface area is 84.9 Å². The molecule has 0 spiro atoms. The van der Waals surface area contributed by atoms with Crippen LogP contribution in [0.2, 0.25) is 0 Å². The molecule has 0 aliphatic rings. The number of carbonyl (C=O) groups is 1. The minimum Gasteiger partial charge on any atom is -0.465 e. The Morgan fingerprint density at radius 3 is 2.21 bits per heavy atom. The van der Waals surface area contributed by atoms with Crippen LogP contribution in [0.4, 0.5) is 0 Å². The number of hydrogen-bond acceptors (Lipinski definition) is 4. The van der Waals surface area contributed by atoms with E-state index in [4.69, 9.17) is 0 Å². The van der Waals surface area contributed by atoms with E-state index < -0.39 is 21.5 Å². The third-order valence-electron chi connectivity index (χ3n) is 1.12. The number of rotatable bonds is 4. The van der Waals surface area contributed by atoms with Gasteiger partial charge in [0.05, 0.1) is 5.75 Å². The molecule has 0 aromatic heterocycles. The second kappa shape index (κ2) is 4.75. The molecular formula is C8H17NO4S. The average Bonchev–Trinajstić information content (AvgIpc) is 1.78. The largest absolute Gasteiger partial charge is 0.465 e. The Kier molecular flexibility index (Phi) is 4.54. The predicted octanol–water partition coefficient (Wildman–Crippen LogP) is 0.267. The summed E-state index contributed by atoms with van der Waals surface area (Å²) < 4.78 is 29.6. The minimum atomic E-state index is -3.36. The number of sulfonamides is 1. The van der Waals surface area contributed by atoms with Gasteiger partial charge in [-0.2, -0.15) is 0 Å². The van der Waals surface area contributed by atoms with E-state index in [2.05, 4.69) is 9.46 Å². The van der Waals surface area contributed by atoms with Crippen LogP contribution in [0.5, 0.6) is 0 Å². The number of nitrogens with one attached hydrogen (secondary N) is 1. The number of esters is 1. The lowest BCUT2D eigenvalue weighted by Crippen LogP contribution is -2.42. The van der Waals surface area contributed by atoms with Gasteiger partial charge >= 0.3 is 5.97 Å². The minimum absolute atomic E-state index is 0.110. The van der Waals surface area contributed by atoms with Crippen molar-refractivity contribution in [3.63, 3.8) is 0 Å². The zero-order valence-corrected chi connectivity index (χ0v) is 9.77. The number of carbonyl (C=O) groups excluding carboxylic acids is 1. The molecule has 5 nitrogen and oxygen atoms in total. The molecule has 0 aliphatic heterocycles. The maximum Gasteiger partial charge on any atom is 0.302 e. The molecule has 0 atom stereocenters. The maximum absolute atomic E-state index is 11.3. The Bertz CT molecular complexity index is 289. The summed E-state index contributed by atoms with van der Waals surface area (Å²) in [6.45, 7) is 6.37. The van der Waals surface area contributed by atoms with Crippen molar-refractivity contribution in [2.45, 2.75) is 33.2 Å². The summed E-state index contributed by atoms with van der Waals surface area (Å²) in [5.41, 5.74) is -0.505. The summed E-state index contributed by atoms with van der Waals surface area (Å²) in [6.07, 6.45) is 0. The van der Waals surface area contributed by atoms with Gasteiger partial charge in [0.15, 0.2) is 0 Å². The molecule has 0 saturated heterocycles. The summed E-state index contributed by atoms with van der Waals surface area (Å²) >= 11 is 0. The highest BCUT2D eigenvalue weighted by Gasteiger charge is 2.19. The fraction of sp³-hybridized carbons (Fsp3) is 0.875. The van der Waals surface area contributed by atoms with Crippen LogP contribution < -0.4 is 4.72 Å². The van der Waals surface area contributed by atoms with E-state index in [0.29, 0.717) is 0 Å². The molecule has 0 fully saturated rings. The highest BCUT2D eigenvalue weighted by molar-refractivity contribution is 7.89. The van der Waals surface area contributed by atoms with Crippen LogP contribution in [-0.4, -0.2) is 32.3 Å². The zero-order valence-electron chi connectivity index (χ0n) is 8.96. The van der Waals surface area contributed by atoms with Crippen molar-refractivity contribution in [1.29, 1.82) is 0 Å². The quantitative estimate of drug-likeness (QED) is 0.694. The molecule has 0 aromatic rings. The van der Waals surface area contributed by atoms with Gasteiger partial charge in [-0.1, -0.05) is 0 Å². The topological polar surface area (TPSA) is 72.5 Å². The van der Waals surface area contributed by atoms with E-state index in [1.54, 1.807) is 20.8 Å². The third kappa shape index (κ3) is 8.00. The second-order valence-corrected chi connectivity index (χ2v) is 5.85. The first-order valence-electron chi connectivity index (χ1n) is 4.27. The Balaban J connectivity index is 4.04. The van der Waals surface area contributed by atoms with Gasteiger partial charge in [0.1, 0.15) is 6.61 Å². The van der Waals surface area contributed by atoms with Crippen LogP contribution in [-0.2, 0) is 19.6 Å². The molecular weight excluding hydrogens is 206 g/mol. The van der Waals surface area contributed by atoms with Crippen molar-refractivity contribution in [3.05, 3.63) is 0 Å². The van der Waals surface area contributed by atoms with Crippen molar-refractivity contribution in [2.75, 3.05) is 12.4 Å². The molecule has 0 heterocycles. The first kappa shape index (κ1) is 13.4. The molecule has 0 rings (SSSR count). The van der Waals surface area contributed by atoms with Gasteiger partial charge in [-0.05, 0) is 20.8 Å². The fourth-order valence-corrected chi connectivity index (χ4v) is 2.15. The van der Waals surface area contributed by atoms with Gasteiger partial charge < -0.3 is 4.74 Å². The summed E-state index contributed by atoms with van der Waals surface area (Å²) in [5.74, 6) is -0.680. The molecule has 0 amide bonds. The Hall–Kier alpha value is -0.620. The Morgan fingerprint density at radius 2 is 1.86 bits per heavy atom. The van der Waals surface area contributed by atoms with E-state index in [1.807, 2.05) is 0 Å². The molecule has 0 aromatic carbocycles. The molecule has 1 N–H and O–H groups in total. The van der Waals surface area contributed by atoms with E-state index in [-0.39, 0.29) is 12.4 Å². The van der Waals surface area contributed by atoms with Crippen LogP contribution in [0, 0.1) is 0 Å². The van der Waals surface area contributed by atoms with Crippen molar-refractivity contribution in [3.8, 4) is 0 Å². The molecule has 84 valence electrons. The summed E-state index contributed by atoms with van der Waals surface area (Å²) in [6, 6.07) is 0. The monoisotopic (exact) mass is 223 g/mol. The molecule has 0 aliphatic carbocycles. The van der Waals surface area contributed by atoms with E-state index in [9.17, 15) is 13.2 Å². The van der Waals surface area contributed by atoms with Gasteiger partial charge in [0, 0.05) is 12.5 Å². The highest BCUT2D eigenvalue weighted by atomic mass is 32.2. The lowest BCUT2D eigenvalue weighted by molar-refractivity contribution is -0.140. The lowest BCUT2D eigenvalue weighted by atomic mass is 10.1. The van der Waals surface area contributed by atoms with Crippen molar-refractivity contribution >= 4 is 16.0 Å². The van der Waals surface area contributed by atoms with Crippen LogP contribution >= 0.6 is 0 Å². The highest BCUT2D eigenvalue weighted by Crippen LogP contribution is 2.02. The van der Waals surface area contributed by atoms with Crippen molar-refractivity contribution in [1.82, 2.24) is 4.72 Å². The molecule has 0 saturated carbocycles. The predicted molar refractivity (Wildman–Crippen MR) is 53.3 cm³/mol. The number of ether oxygens (including phenoxy) is 1. The van der Waals surface area contributed by atoms with Gasteiger partial charge in [0.2, 0.25) is 10.0 Å². The van der Waals surface area contributed by atoms with Crippen LogP contribution in [0.3, 0.4) is 0 Å². The first-order valence-corrected chi connectivity index (χ1v) is 5.93. The van der Waals surface area contributed by atoms with Gasteiger partial charge in [-0.25, -0.2) is 13.1 Å². The van der Waals surface area contributed by atoms with Gasteiger partial charge in [-0.3, -0.25) is 4.79 Å². The van der Waals surface area contributed by atoms with Crippen molar-refractivity contribution in [2.24, 2.45) is 0 Å². The van der Waals surface area contributed by atoms with Crippen LogP contribution in [0.25, 0.3) is 0 Å². The van der Waals surface area contributed by atoms with Crippen LogP contribution in [0.15, 0.2) is 0 Å². The van der Waals surface area contributed by atoms with E-state index in [1.165, 1.54) is 6.92 Å². The molecule has 14 heavy (non-hydrogen) atoms. The lowest BCUT2D eigenvalue weighted by Gasteiger charge is -2.20. The SMILES string of the molecule is CC(=O)OCCS(=O)(=O)NC(C)(C)C. The second-order valence-electron chi connectivity index (χ2n) is 4.01. The summed E-state index contributed by atoms with van der Waals surface area (Å²) in [7, 11) is -3.36. The van der Waals surface area contributed by atoms with E-state index in [0.717, 1.165) is 0 Å². The molecule has 0 radical (unpaired) electrons. The smallest absolute Gasteiger partial charge is 0.302 e. The molecule has 0 bridgehead atoms. The molecule has 6 heteroatoms. The van der Waals surface area contributed by atoms with Gasteiger partial charge in [-0.15, -0.1) is 0 Å². The summed E-state index contributed by atoms with van der Waals surface area (Å²) in [4.78, 5) is 10.4. The zero-order chi connectivity index (χ0) is 11.4. The average molecular weight is 223 g/mol.